The van der Waals surface area contributed by atoms with Crippen LogP contribution in [0.25, 0.3) is 0 Å². The van der Waals surface area contributed by atoms with E-state index >= 15 is 0 Å². The summed E-state index contributed by atoms with van der Waals surface area (Å²) in [5, 5.41) is 3.43. The lowest BCUT2D eigenvalue weighted by atomic mass is 9.77. The molecule has 18 heavy (non-hydrogen) atoms. The molecule has 1 aromatic carbocycles. The lowest BCUT2D eigenvalue weighted by molar-refractivity contribution is 0.238. The zero-order chi connectivity index (χ0) is 13.1. The third-order valence-electron chi connectivity index (χ3n) is 4.38. The molecule has 0 amide bonds. The molecular formula is C16H24FN. The van der Waals surface area contributed by atoms with Crippen LogP contribution in [0, 0.1) is 24.6 Å². The molecule has 1 nitrogen and oxygen atoms in total. The van der Waals surface area contributed by atoms with Gasteiger partial charge in [0.05, 0.1) is 0 Å². The maximum absolute atomic E-state index is 13.3. The van der Waals surface area contributed by atoms with Crippen LogP contribution in [0.4, 0.5) is 4.39 Å². The molecule has 1 unspecified atom stereocenters. The smallest absolute Gasteiger partial charge is 0.126 e. The summed E-state index contributed by atoms with van der Waals surface area (Å²) < 4.78 is 13.3. The van der Waals surface area contributed by atoms with Crippen molar-refractivity contribution in [3.63, 3.8) is 0 Å². The zero-order valence-corrected chi connectivity index (χ0v) is 11.7. The molecule has 0 bridgehead atoms. The second-order valence-electron chi connectivity index (χ2n) is 5.79. The van der Waals surface area contributed by atoms with Crippen molar-refractivity contribution in [3.05, 3.63) is 35.1 Å². The lowest BCUT2D eigenvalue weighted by Gasteiger charge is -2.33. The molecule has 0 heterocycles. The van der Waals surface area contributed by atoms with Gasteiger partial charge in [-0.1, -0.05) is 31.9 Å². The minimum absolute atomic E-state index is 0.106. The second-order valence-corrected chi connectivity index (χ2v) is 5.79. The summed E-state index contributed by atoms with van der Waals surface area (Å²) in [6.45, 7) is 4.18. The molecule has 0 saturated heterocycles. The summed E-state index contributed by atoms with van der Waals surface area (Å²) in [5.74, 6) is 1.45. The highest BCUT2D eigenvalue weighted by molar-refractivity contribution is 5.27. The van der Waals surface area contributed by atoms with E-state index in [1.807, 2.05) is 26.1 Å². The lowest BCUT2D eigenvalue weighted by Crippen LogP contribution is -2.28. The number of nitrogens with one attached hydrogen (secondary N) is 1. The van der Waals surface area contributed by atoms with E-state index in [-0.39, 0.29) is 5.82 Å². The monoisotopic (exact) mass is 249 g/mol. The number of benzene rings is 1. The largest absolute Gasteiger partial charge is 0.313 e. The van der Waals surface area contributed by atoms with Crippen molar-refractivity contribution >= 4 is 0 Å². The van der Waals surface area contributed by atoms with Gasteiger partial charge in [-0.3, -0.25) is 0 Å². The van der Waals surface area contributed by atoms with Gasteiger partial charge in [0.1, 0.15) is 5.82 Å². The van der Waals surface area contributed by atoms with Crippen LogP contribution in [0.3, 0.4) is 0 Å². The van der Waals surface area contributed by atoms with E-state index in [4.69, 9.17) is 0 Å². The molecule has 1 aromatic rings. The van der Waals surface area contributed by atoms with Crippen LogP contribution in [0.2, 0.25) is 0 Å². The van der Waals surface area contributed by atoms with Crippen molar-refractivity contribution in [2.24, 2.45) is 11.8 Å². The van der Waals surface area contributed by atoms with Gasteiger partial charge in [0.25, 0.3) is 0 Å². The molecule has 100 valence electrons. The summed E-state index contributed by atoms with van der Waals surface area (Å²) in [5.41, 5.74) is 1.98. The maximum atomic E-state index is 13.3. The number of hydrogen-bond acceptors (Lipinski definition) is 1. The SMILES string of the molecule is CNC(c1ccc(F)c(C)c1)C1CCC(C)CC1. The molecule has 1 fully saturated rings. The molecule has 0 spiro atoms. The van der Waals surface area contributed by atoms with E-state index in [1.165, 1.54) is 31.2 Å². The Bertz CT molecular complexity index is 394. The van der Waals surface area contributed by atoms with E-state index in [2.05, 4.69) is 12.2 Å². The Kier molecular flexibility index (Phi) is 4.39. The van der Waals surface area contributed by atoms with Crippen LogP contribution in [0.1, 0.15) is 49.8 Å². The Labute approximate surface area is 110 Å². The van der Waals surface area contributed by atoms with Crippen molar-refractivity contribution in [1.29, 1.82) is 0 Å². The molecule has 2 rings (SSSR count). The molecule has 1 aliphatic rings. The average molecular weight is 249 g/mol. The Hall–Kier alpha value is -0.890. The average Bonchev–Trinajstić information content (AvgIpc) is 2.37. The third-order valence-corrected chi connectivity index (χ3v) is 4.38. The molecule has 0 radical (unpaired) electrons. The molecule has 0 aromatic heterocycles. The Morgan fingerprint density at radius 1 is 1.22 bits per heavy atom. The van der Waals surface area contributed by atoms with Crippen molar-refractivity contribution in [2.45, 2.75) is 45.6 Å². The summed E-state index contributed by atoms with van der Waals surface area (Å²) in [6.07, 6.45) is 5.21. The first kappa shape index (κ1) is 13.5. The van der Waals surface area contributed by atoms with Crippen molar-refractivity contribution in [2.75, 3.05) is 7.05 Å². The van der Waals surface area contributed by atoms with Gasteiger partial charge < -0.3 is 5.32 Å². The van der Waals surface area contributed by atoms with Gasteiger partial charge in [-0.15, -0.1) is 0 Å². The van der Waals surface area contributed by atoms with Gasteiger partial charge in [0.15, 0.2) is 0 Å². The summed E-state index contributed by atoms with van der Waals surface area (Å²) >= 11 is 0. The van der Waals surface area contributed by atoms with Gasteiger partial charge in [-0.2, -0.15) is 0 Å². The van der Waals surface area contributed by atoms with Gasteiger partial charge in [0.2, 0.25) is 0 Å². The standard InChI is InChI=1S/C16H24FN/c1-11-4-6-13(7-5-11)16(18-3)14-8-9-15(17)12(2)10-14/h8-11,13,16,18H,4-7H2,1-3H3. The number of rotatable bonds is 3. The Morgan fingerprint density at radius 3 is 2.44 bits per heavy atom. The third kappa shape index (κ3) is 2.92. The fourth-order valence-electron chi connectivity index (χ4n) is 3.16. The van der Waals surface area contributed by atoms with E-state index in [1.54, 1.807) is 6.07 Å². The molecule has 2 heteroatoms. The highest BCUT2D eigenvalue weighted by atomic mass is 19.1. The van der Waals surface area contributed by atoms with Crippen LogP contribution >= 0.6 is 0 Å². The van der Waals surface area contributed by atoms with Gasteiger partial charge in [0, 0.05) is 6.04 Å². The van der Waals surface area contributed by atoms with E-state index < -0.39 is 0 Å². The summed E-state index contributed by atoms with van der Waals surface area (Å²) in [6, 6.07) is 5.90. The van der Waals surface area contributed by atoms with Gasteiger partial charge in [-0.25, -0.2) is 4.39 Å². The number of halogens is 1. The molecule has 1 saturated carbocycles. The van der Waals surface area contributed by atoms with Crippen LogP contribution in [-0.4, -0.2) is 7.05 Å². The summed E-state index contributed by atoms with van der Waals surface area (Å²) in [7, 11) is 2.02. The van der Waals surface area contributed by atoms with Gasteiger partial charge in [-0.05, 0) is 55.8 Å². The maximum Gasteiger partial charge on any atom is 0.126 e. The molecule has 1 aliphatic carbocycles. The normalized spacial score (nSPS) is 26.0. The number of aryl methyl sites for hydroxylation is 1. The van der Waals surface area contributed by atoms with E-state index in [0.29, 0.717) is 12.0 Å². The quantitative estimate of drug-likeness (QED) is 0.845. The van der Waals surface area contributed by atoms with Crippen LogP contribution < -0.4 is 5.32 Å². The first-order valence-electron chi connectivity index (χ1n) is 7.05. The zero-order valence-electron chi connectivity index (χ0n) is 11.7. The highest BCUT2D eigenvalue weighted by Crippen LogP contribution is 2.36. The van der Waals surface area contributed by atoms with E-state index in [0.717, 1.165) is 11.5 Å². The molecule has 1 N–H and O–H groups in total. The van der Waals surface area contributed by atoms with E-state index in [9.17, 15) is 4.39 Å². The van der Waals surface area contributed by atoms with Gasteiger partial charge >= 0.3 is 0 Å². The number of hydrogen-bond donors (Lipinski definition) is 1. The first-order chi connectivity index (χ1) is 8.61. The fourth-order valence-corrected chi connectivity index (χ4v) is 3.16. The first-order valence-corrected chi connectivity index (χ1v) is 7.05. The van der Waals surface area contributed by atoms with Crippen molar-refractivity contribution in [3.8, 4) is 0 Å². The van der Waals surface area contributed by atoms with Crippen molar-refractivity contribution < 1.29 is 4.39 Å². The summed E-state index contributed by atoms with van der Waals surface area (Å²) in [4.78, 5) is 0. The molecule has 0 aliphatic heterocycles. The topological polar surface area (TPSA) is 12.0 Å². The second kappa shape index (κ2) is 5.83. The van der Waals surface area contributed by atoms with Crippen LogP contribution in [0.5, 0.6) is 0 Å². The van der Waals surface area contributed by atoms with Crippen molar-refractivity contribution in [1.82, 2.24) is 5.32 Å². The van der Waals surface area contributed by atoms with Crippen LogP contribution in [-0.2, 0) is 0 Å². The van der Waals surface area contributed by atoms with Crippen LogP contribution in [0.15, 0.2) is 18.2 Å². The molecule has 1 atom stereocenters. The predicted octanol–water partition coefficient (Wildman–Crippen LogP) is 4.22. The Morgan fingerprint density at radius 2 is 1.89 bits per heavy atom. The molecular weight excluding hydrogens is 225 g/mol. The Balaban J connectivity index is 2.14. The minimum atomic E-state index is -0.106. The highest BCUT2D eigenvalue weighted by Gasteiger charge is 2.26. The fraction of sp³-hybridized carbons (Fsp3) is 0.625. The minimum Gasteiger partial charge on any atom is -0.313 e. The predicted molar refractivity (Wildman–Crippen MR) is 74.1 cm³/mol.